The number of carbonyl (C=O) groups is 1. The second-order valence-corrected chi connectivity index (χ2v) is 6.09. The summed E-state index contributed by atoms with van der Waals surface area (Å²) in [5.41, 5.74) is -1.13. The zero-order valence-corrected chi connectivity index (χ0v) is 13.1. The maximum absolute atomic E-state index is 11.9. The van der Waals surface area contributed by atoms with Gasteiger partial charge in [0.25, 0.3) is 0 Å². The number of hydrogen-bond acceptors (Lipinski definition) is 7. The van der Waals surface area contributed by atoms with Crippen LogP contribution in [0, 0.1) is 0 Å². The lowest BCUT2D eigenvalue weighted by atomic mass is 9.99. The number of rotatable bonds is 4. The third-order valence-electron chi connectivity index (χ3n) is 3.68. The van der Waals surface area contributed by atoms with Crippen LogP contribution in [0.4, 0.5) is 0 Å². The smallest absolute Gasteiger partial charge is 0.336 e. The average Bonchev–Trinajstić information content (AvgIpc) is 2.86. The summed E-state index contributed by atoms with van der Waals surface area (Å²) in [5, 5.41) is 20.6. The molecular weight excluding hydrogens is 316 g/mol. The molecule has 7 heteroatoms. The van der Waals surface area contributed by atoms with Gasteiger partial charge >= 0.3 is 11.6 Å². The van der Waals surface area contributed by atoms with Crippen molar-refractivity contribution < 1.29 is 28.6 Å². The molecule has 0 fully saturated rings. The van der Waals surface area contributed by atoms with Crippen LogP contribution in [0.3, 0.4) is 0 Å². The Morgan fingerprint density at radius 2 is 2.04 bits per heavy atom. The Labute approximate surface area is 136 Å². The minimum absolute atomic E-state index is 0.186. The quantitative estimate of drug-likeness (QED) is 0.555. The van der Waals surface area contributed by atoms with Gasteiger partial charge in [-0.25, -0.2) is 4.79 Å². The van der Waals surface area contributed by atoms with Gasteiger partial charge in [-0.15, -0.1) is 0 Å². The first-order valence-corrected chi connectivity index (χ1v) is 7.30. The fraction of sp³-hybridized carbons (Fsp3) is 0.294. The van der Waals surface area contributed by atoms with Crippen LogP contribution in [0.1, 0.15) is 20.3 Å². The van der Waals surface area contributed by atoms with Gasteiger partial charge in [0.1, 0.15) is 17.4 Å². The average molecular weight is 332 g/mol. The summed E-state index contributed by atoms with van der Waals surface area (Å²) in [6.45, 7) is 2.80. The van der Waals surface area contributed by atoms with Crippen LogP contribution in [0.5, 0.6) is 5.75 Å². The Balaban J connectivity index is 1.89. The number of aliphatic hydroxyl groups excluding tert-OH is 1. The van der Waals surface area contributed by atoms with Crippen LogP contribution in [0.25, 0.3) is 21.9 Å². The van der Waals surface area contributed by atoms with Crippen molar-refractivity contribution in [3.63, 3.8) is 0 Å². The van der Waals surface area contributed by atoms with Gasteiger partial charge in [0.05, 0.1) is 23.5 Å². The molecule has 0 amide bonds. The van der Waals surface area contributed by atoms with Gasteiger partial charge in [-0.2, -0.15) is 0 Å². The number of fused-ring (bicyclic) bond motifs is 2. The first-order chi connectivity index (χ1) is 11.2. The fourth-order valence-electron chi connectivity index (χ4n) is 2.22. The number of benzene rings is 1. The van der Waals surface area contributed by atoms with Crippen LogP contribution in [-0.2, 0) is 4.79 Å². The predicted octanol–water partition coefficient (Wildman–Crippen LogP) is 1.97. The van der Waals surface area contributed by atoms with E-state index in [1.54, 1.807) is 12.1 Å². The maximum Gasteiger partial charge on any atom is 0.336 e. The standard InChI is InChI=1S/C17H16O7/c1-17(2,21)14(18)7-16(20)24-13-8-22-12-6-11-9(5-10(12)13)3-4-15(19)23-11/h3-6,8,14,18,21H,7H2,1-2H3. The summed E-state index contributed by atoms with van der Waals surface area (Å²) in [6.07, 6.45) is -0.354. The molecule has 1 atom stereocenters. The molecule has 0 aliphatic heterocycles. The first kappa shape index (κ1) is 16.2. The highest BCUT2D eigenvalue weighted by Crippen LogP contribution is 2.32. The molecular formula is C17H16O7. The van der Waals surface area contributed by atoms with Gasteiger partial charge in [0, 0.05) is 17.5 Å². The van der Waals surface area contributed by atoms with E-state index >= 15 is 0 Å². The first-order valence-electron chi connectivity index (χ1n) is 7.30. The summed E-state index contributed by atoms with van der Waals surface area (Å²) in [5.74, 6) is -0.516. The Bertz CT molecular complexity index is 958. The summed E-state index contributed by atoms with van der Waals surface area (Å²) in [6, 6.07) is 6.10. The molecule has 1 unspecified atom stereocenters. The van der Waals surface area contributed by atoms with E-state index in [4.69, 9.17) is 13.6 Å². The van der Waals surface area contributed by atoms with Gasteiger partial charge in [0.15, 0.2) is 5.75 Å². The molecule has 7 nitrogen and oxygen atoms in total. The topological polar surface area (TPSA) is 110 Å². The lowest BCUT2D eigenvalue weighted by Gasteiger charge is -2.23. The van der Waals surface area contributed by atoms with Crippen molar-refractivity contribution in [1.82, 2.24) is 0 Å². The van der Waals surface area contributed by atoms with E-state index in [0.717, 1.165) is 0 Å². The van der Waals surface area contributed by atoms with E-state index in [1.807, 2.05) is 0 Å². The monoisotopic (exact) mass is 332 g/mol. The Morgan fingerprint density at radius 3 is 2.75 bits per heavy atom. The van der Waals surface area contributed by atoms with E-state index in [0.29, 0.717) is 21.9 Å². The van der Waals surface area contributed by atoms with E-state index in [2.05, 4.69) is 0 Å². The van der Waals surface area contributed by atoms with Gasteiger partial charge in [-0.3, -0.25) is 4.79 Å². The van der Waals surface area contributed by atoms with Gasteiger partial charge < -0.3 is 23.8 Å². The fourth-order valence-corrected chi connectivity index (χ4v) is 2.22. The molecule has 2 N–H and O–H groups in total. The van der Waals surface area contributed by atoms with Gasteiger partial charge in [-0.1, -0.05) is 0 Å². The third kappa shape index (κ3) is 3.17. The van der Waals surface area contributed by atoms with E-state index in [-0.39, 0.29) is 12.2 Å². The normalized spacial score (nSPS) is 13.3. The van der Waals surface area contributed by atoms with Crippen molar-refractivity contribution in [2.45, 2.75) is 32.0 Å². The Hall–Kier alpha value is -2.64. The molecule has 3 aromatic rings. The molecule has 0 bridgehead atoms. The Kier molecular flexibility index (Phi) is 3.90. The molecule has 0 saturated carbocycles. The van der Waals surface area contributed by atoms with Crippen molar-refractivity contribution in [3.05, 3.63) is 40.9 Å². The van der Waals surface area contributed by atoms with E-state index in [9.17, 15) is 19.8 Å². The molecule has 24 heavy (non-hydrogen) atoms. The van der Waals surface area contributed by atoms with Crippen molar-refractivity contribution in [2.24, 2.45) is 0 Å². The minimum atomic E-state index is -1.41. The molecule has 0 radical (unpaired) electrons. The zero-order valence-electron chi connectivity index (χ0n) is 13.1. The molecule has 3 rings (SSSR count). The van der Waals surface area contributed by atoms with E-state index in [1.165, 1.54) is 32.2 Å². The van der Waals surface area contributed by atoms with Gasteiger partial charge in [-0.05, 0) is 26.0 Å². The van der Waals surface area contributed by atoms with Crippen molar-refractivity contribution >= 4 is 27.9 Å². The summed E-state index contributed by atoms with van der Waals surface area (Å²) >= 11 is 0. The molecule has 126 valence electrons. The summed E-state index contributed by atoms with van der Waals surface area (Å²) in [7, 11) is 0. The second kappa shape index (κ2) is 5.77. The molecule has 1 aromatic carbocycles. The van der Waals surface area contributed by atoms with Crippen LogP contribution in [0.2, 0.25) is 0 Å². The number of ether oxygens (including phenoxy) is 1. The highest BCUT2D eigenvalue weighted by molar-refractivity contribution is 5.97. The third-order valence-corrected chi connectivity index (χ3v) is 3.68. The predicted molar refractivity (Wildman–Crippen MR) is 84.8 cm³/mol. The Morgan fingerprint density at radius 1 is 1.29 bits per heavy atom. The number of esters is 1. The SMILES string of the molecule is CC(C)(O)C(O)CC(=O)Oc1coc2cc3oc(=O)ccc3cc12. The highest BCUT2D eigenvalue weighted by atomic mass is 16.5. The molecule has 0 saturated heterocycles. The molecule has 0 aliphatic rings. The maximum atomic E-state index is 11.9. The van der Waals surface area contributed by atoms with Gasteiger partial charge in [0.2, 0.25) is 0 Å². The van der Waals surface area contributed by atoms with Crippen molar-refractivity contribution in [1.29, 1.82) is 0 Å². The lowest BCUT2D eigenvalue weighted by Crippen LogP contribution is -2.38. The molecule has 0 spiro atoms. The molecule has 0 aliphatic carbocycles. The summed E-state index contributed by atoms with van der Waals surface area (Å²) in [4.78, 5) is 23.2. The van der Waals surface area contributed by atoms with E-state index < -0.39 is 23.3 Å². The minimum Gasteiger partial charge on any atom is -0.460 e. The lowest BCUT2D eigenvalue weighted by molar-refractivity contribution is -0.141. The second-order valence-electron chi connectivity index (χ2n) is 6.09. The van der Waals surface area contributed by atoms with Crippen LogP contribution in [-0.4, -0.2) is 27.9 Å². The number of hydrogen-bond donors (Lipinski definition) is 2. The summed E-state index contributed by atoms with van der Waals surface area (Å²) < 4.78 is 15.6. The van der Waals surface area contributed by atoms with Crippen molar-refractivity contribution in [2.75, 3.05) is 0 Å². The number of furan rings is 1. The van der Waals surface area contributed by atoms with Crippen molar-refractivity contribution in [3.8, 4) is 5.75 Å². The zero-order chi connectivity index (χ0) is 17.5. The number of aliphatic hydroxyl groups is 2. The number of carbonyl (C=O) groups excluding carboxylic acids is 1. The molecule has 2 aromatic heterocycles. The molecule has 2 heterocycles. The van der Waals surface area contributed by atoms with Crippen LogP contribution < -0.4 is 10.4 Å². The largest absolute Gasteiger partial charge is 0.460 e. The van der Waals surface area contributed by atoms with Crippen LogP contribution in [0.15, 0.2) is 44.2 Å². The van der Waals surface area contributed by atoms with Crippen LogP contribution >= 0.6 is 0 Å². The highest BCUT2D eigenvalue weighted by Gasteiger charge is 2.28.